The molecule has 1 aliphatic carbocycles. The van der Waals surface area contributed by atoms with Gasteiger partial charge in [0.2, 0.25) is 0 Å². The van der Waals surface area contributed by atoms with Gasteiger partial charge in [-0.2, -0.15) is 0 Å². The summed E-state index contributed by atoms with van der Waals surface area (Å²) in [5, 5.41) is 5.69. The first-order valence-electron chi connectivity index (χ1n) is 6.19. The Morgan fingerprint density at radius 2 is 2.32 bits per heavy atom. The van der Waals surface area contributed by atoms with Gasteiger partial charge in [0, 0.05) is 33.8 Å². The van der Waals surface area contributed by atoms with E-state index in [0.717, 1.165) is 17.3 Å². The second-order valence-corrected chi connectivity index (χ2v) is 7.08. The van der Waals surface area contributed by atoms with E-state index in [1.165, 1.54) is 11.1 Å². The molecule has 0 bridgehead atoms. The first-order chi connectivity index (χ1) is 9.06. The number of urea groups is 1. The van der Waals surface area contributed by atoms with Crippen molar-refractivity contribution in [1.82, 2.24) is 10.6 Å². The Labute approximate surface area is 123 Å². The van der Waals surface area contributed by atoms with Gasteiger partial charge in [-0.25, -0.2) is 4.79 Å². The van der Waals surface area contributed by atoms with Gasteiger partial charge in [0.1, 0.15) is 0 Å². The molecule has 1 aromatic carbocycles. The fraction of sp³-hybridized carbons (Fsp3) is 0.462. The zero-order valence-electron chi connectivity index (χ0n) is 10.7. The number of fused-ring (bicyclic) bond motifs is 1. The molecule has 0 saturated heterocycles. The van der Waals surface area contributed by atoms with E-state index in [1.807, 2.05) is 6.07 Å². The van der Waals surface area contributed by atoms with Crippen LogP contribution in [-0.4, -0.2) is 28.8 Å². The summed E-state index contributed by atoms with van der Waals surface area (Å²) < 4.78 is 12.0. The molecule has 2 atom stereocenters. The van der Waals surface area contributed by atoms with Crippen molar-refractivity contribution in [1.29, 1.82) is 0 Å². The van der Waals surface area contributed by atoms with Gasteiger partial charge < -0.3 is 10.6 Å². The fourth-order valence-electron chi connectivity index (χ4n) is 2.25. The maximum atomic E-state index is 11.7. The van der Waals surface area contributed by atoms with Crippen LogP contribution in [0.1, 0.15) is 23.6 Å². The number of hydrogen-bond donors (Lipinski definition) is 2. The van der Waals surface area contributed by atoms with Gasteiger partial charge in [0.25, 0.3) is 0 Å². The number of benzene rings is 1. The summed E-state index contributed by atoms with van der Waals surface area (Å²) in [5.41, 5.74) is 2.48. The van der Waals surface area contributed by atoms with Crippen LogP contribution in [0.2, 0.25) is 0 Å². The molecule has 1 aromatic rings. The molecular weight excluding hydrogens is 328 g/mol. The van der Waals surface area contributed by atoms with Crippen LogP contribution in [0.25, 0.3) is 0 Å². The Balaban J connectivity index is 1.88. The molecule has 0 unspecified atom stereocenters. The van der Waals surface area contributed by atoms with Crippen molar-refractivity contribution in [2.24, 2.45) is 0 Å². The van der Waals surface area contributed by atoms with E-state index in [9.17, 15) is 9.00 Å². The molecule has 2 N–H and O–H groups in total. The highest BCUT2D eigenvalue weighted by Crippen LogP contribution is 2.32. The largest absolute Gasteiger partial charge is 0.337 e. The average Bonchev–Trinajstić information content (AvgIpc) is 2.71. The SMILES string of the molecule is C[S@@](=O)CCNC(=O)N[C@@H]1CCc2cc(Br)ccc21. The van der Waals surface area contributed by atoms with Crippen LogP contribution in [0.4, 0.5) is 4.79 Å². The number of aryl methyl sites for hydroxylation is 1. The van der Waals surface area contributed by atoms with Crippen LogP contribution in [0.5, 0.6) is 0 Å². The summed E-state index contributed by atoms with van der Waals surface area (Å²) >= 11 is 3.45. The lowest BCUT2D eigenvalue weighted by atomic mass is 10.1. The molecule has 0 aromatic heterocycles. The molecule has 1 aliphatic rings. The van der Waals surface area contributed by atoms with Gasteiger partial charge in [-0.05, 0) is 36.1 Å². The topological polar surface area (TPSA) is 58.2 Å². The third kappa shape index (κ3) is 4.04. The molecule has 0 aliphatic heterocycles. The van der Waals surface area contributed by atoms with E-state index < -0.39 is 10.8 Å². The van der Waals surface area contributed by atoms with Gasteiger partial charge >= 0.3 is 6.03 Å². The van der Waals surface area contributed by atoms with Crippen LogP contribution in [-0.2, 0) is 17.2 Å². The van der Waals surface area contributed by atoms with Gasteiger partial charge in [0.15, 0.2) is 0 Å². The minimum Gasteiger partial charge on any atom is -0.337 e. The molecule has 2 rings (SSSR count). The van der Waals surface area contributed by atoms with E-state index >= 15 is 0 Å². The smallest absolute Gasteiger partial charge is 0.315 e. The van der Waals surface area contributed by atoms with Gasteiger partial charge in [0.05, 0.1) is 6.04 Å². The van der Waals surface area contributed by atoms with Crippen molar-refractivity contribution >= 4 is 32.8 Å². The summed E-state index contributed by atoms with van der Waals surface area (Å²) in [4.78, 5) is 11.7. The number of hydrogen-bond acceptors (Lipinski definition) is 2. The van der Waals surface area contributed by atoms with Crippen molar-refractivity contribution in [2.45, 2.75) is 18.9 Å². The quantitative estimate of drug-likeness (QED) is 0.878. The summed E-state index contributed by atoms with van der Waals surface area (Å²) in [6.45, 7) is 0.439. The van der Waals surface area contributed by atoms with Gasteiger partial charge in [-0.15, -0.1) is 0 Å². The minimum atomic E-state index is -0.873. The van der Waals surface area contributed by atoms with Gasteiger partial charge in [-0.1, -0.05) is 22.0 Å². The molecule has 0 saturated carbocycles. The van der Waals surface area contributed by atoms with Crippen molar-refractivity contribution < 1.29 is 9.00 Å². The van der Waals surface area contributed by atoms with E-state index in [0.29, 0.717) is 12.3 Å². The number of halogens is 1. The van der Waals surface area contributed by atoms with Crippen LogP contribution in [0.3, 0.4) is 0 Å². The fourth-order valence-corrected chi connectivity index (χ4v) is 3.05. The molecule has 19 heavy (non-hydrogen) atoms. The predicted octanol–water partition coefficient (Wildman–Crippen LogP) is 2.11. The second kappa shape index (κ2) is 6.52. The third-order valence-electron chi connectivity index (χ3n) is 3.16. The van der Waals surface area contributed by atoms with Crippen molar-refractivity contribution in [2.75, 3.05) is 18.6 Å². The van der Waals surface area contributed by atoms with E-state index in [1.54, 1.807) is 6.26 Å². The van der Waals surface area contributed by atoms with E-state index in [4.69, 9.17) is 0 Å². The van der Waals surface area contributed by atoms with Crippen molar-refractivity contribution in [3.63, 3.8) is 0 Å². The Morgan fingerprint density at radius 3 is 3.05 bits per heavy atom. The van der Waals surface area contributed by atoms with Crippen LogP contribution >= 0.6 is 15.9 Å². The molecular formula is C13H17BrN2O2S. The molecule has 104 valence electrons. The summed E-state index contributed by atoms with van der Waals surface area (Å²) in [5.74, 6) is 0.488. The van der Waals surface area contributed by atoms with Crippen LogP contribution in [0.15, 0.2) is 22.7 Å². The molecule has 4 nitrogen and oxygen atoms in total. The second-order valence-electron chi connectivity index (χ2n) is 4.61. The lowest BCUT2D eigenvalue weighted by Gasteiger charge is -2.14. The Hall–Kier alpha value is -0.880. The Bertz CT molecular complexity index is 507. The molecule has 0 fully saturated rings. The first-order valence-corrected chi connectivity index (χ1v) is 8.71. The first kappa shape index (κ1) is 14.5. The number of carbonyl (C=O) groups is 1. The molecule has 0 spiro atoms. The standard InChI is InChI=1S/C13H17BrN2O2S/c1-19(18)7-6-15-13(17)16-12-5-2-9-8-10(14)3-4-11(9)12/h3-4,8,12H,2,5-7H2,1H3,(H2,15,16,17)/t12-,19-/m1/s1. The predicted molar refractivity (Wildman–Crippen MR) is 80.7 cm³/mol. The summed E-state index contributed by atoms with van der Waals surface area (Å²) in [6, 6.07) is 6.05. The molecule has 2 amide bonds. The maximum Gasteiger partial charge on any atom is 0.315 e. The number of nitrogens with one attached hydrogen (secondary N) is 2. The molecule has 6 heteroatoms. The number of carbonyl (C=O) groups excluding carboxylic acids is 1. The number of rotatable bonds is 4. The zero-order chi connectivity index (χ0) is 13.8. The minimum absolute atomic E-state index is 0.0789. The van der Waals surface area contributed by atoms with Gasteiger partial charge in [-0.3, -0.25) is 4.21 Å². The lowest BCUT2D eigenvalue weighted by molar-refractivity contribution is 0.237. The van der Waals surface area contributed by atoms with E-state index in [-0.39, 0.29) is 12.1 Å². The Morgan fingerprint density at radius 1 is 1.53 bits per heavy atom. The van der Waals surface area contributed by atoms with E-state index in [2.05, 4.69) is 38.7 Å². The maximum absolute atomic E-state index is 11.7. The highest BCUT2D eigenvalue weighted by Gasteiger charge is 2.23. The van der Waals surface area contributed by atoms with Crippen LogP contribution in [0, 0.1) is 0 Å². The third-order valence-corrected chi connectivity index (χ3v) is 4.44. The molecule has 0 heterocycles. The summed E-state index contributed by atoms with van der Waals surface area (Å²) in [7, 11) is -0.873. The lowest BCUT2D eigenvalue weighted by Crippen LogP contribution is -2.39. The highest BCUT2D eigenvalue weighted by atomic mass is 79.9. The van der Waals surface area contributed by atoms with Crippen LogP contribution < -0.4 is 10.6 Å². The monoisotopic (exact) mass is 344 g/mol. The Kier molecular flexibility index (Phi) is 4.99. The normalized spacial score (nSPS) is 18.7. The van der Waals surface area contributed by atoms with Crippen molar-refractivity contribution in [3.05, 3.63) is 33.8 Å². The molecule has 0 radical (unpaired) electrons. The summed E-state index contributed by atoms with van der Waals surface area (Å²) in [6.07, 6.45) is 3.54. The number of amides is 2. The highest BCUT2D eigenvalue weighted by molar-refractivity contribution is 9.10. The zero-order valence-corrected chi connectivity index (χ0v) is 13.1. The average molecular weight is 345 g/mol. The van der Waals surface area contributed by atoms with Crippen molar-refractivity contribution in [3.8, 4) is 0 Å².